The molecule has 0 radical (unpaired) electrons. The Labute approximate surface area is 87.0 Å². The average molecular weight is 202 g/mol. The Balaban J connectivity index is 2.53. The van der Waals surface area contributed by atoms with Crippen molar-refractivity contribution in [1.29, 1.82) is 0 Å². The first-order chi connectivity index (χ1) is 7.31. The molecule has 2 rings (SSSR count). The van der Waals surface area contributed by atoms with Crippen molar-refractivity contribution in [3.8, 4) is 17.3 Å². The molecule has 0 fully saturated rings. The summed E-state index contributed by atoms with van der Waals surface area (Å²) in [6.07, 6.45) is 4.85. The summed E-state index contributed by atoms with van der Waals surface area (Å²) in [7, 11) is 1.56. The Morgan fingerprint density at radius 1 is 1.20 bits per heavy atom. The molecule has 0 aliphatic rings. The smallest absolute Gasteiger partial charge is 0.181 e. The largest absolute Gasteiger partial charge is 0.494 e. The van der Waals surface area contributed by atoms with Crippen molar-refractivity contribution >= 4 is 5.69 Å². The lowest BCUT2D eigenvalue weighted by molar-refractivity contribution is 0.414. The molecule has 2 aromatic heterocycles. The maximum absolute atomic E-state index is 5.60. The number of nitrogens with two attached hydrogens (primary N) is 1. The van der Waals surface area contributed by atoms with Gasteiger partial charge in [-0.25, -0.2) is 15.0 Å². The third-order valence-corrected chi connectivity index (χ3v) is 1.87. The molecule has 0 spiro atoms. The van der Waals surface area contributed by atoms with E-state index in [4.69, 9.17) is 10.5 Å². The van der Waals surface area contributed by atoms with E-state index in [0.29, 0.717) is 23.0 Å². The minimum absolute atomic E-state index is 0.523. The highest BCUT2D eigenvalue weighted by molar-refractivity contribution is 5.62. The van der Waals surface area contributed by atoms with Crippen LogP contribution in [0, 0.1) is 0 Å². The normalized spacial score (nSPS) is 9.93. The SMILES string of the molecule is COc1cc(N)cnc1-c1ncccn1. The van der Waals surface area contributed by atoms with Gasteiger partial charge >= 0.3 is 0 Å². The summed E-state index contributed by atoms with van der Waals surface area (Å²) in [5, 5.41) is 0. The van der Waals surface area contributed by atoms with Crippen LogP contribution in [0.2, 0.25) is 0 Å². The number of rotatable bonds is 2. The predicted octanol–water partition coefficient (Wildman–Crippen LogP) is 1.13. The molecule has 2 N–H and O–H groups in total. The van der Waals surface area contributed by atoms with Gasteiger partial charge in [-0.05, 0) is 6.07 Å². The number of ether oxygens (including phenoxy) is 1. The summed E-state index contributed by atoms with van der Waals surface area (Å²) in [4.78, 5) is 12.3. The fourth-order valence-electron chi connectivity index (χ4n) is 1.20. The number of methoxy groups -OCH3 is 1. The van der Waals surface area contributed by atoms with E-state index in [0.717, 1.165) is 0 Å². The van der Waals surface area contributed by atoms with Crippen LogP contribution in [0.5, 0.6) is 5.75 Å². The fraction of sp³-hybridized carbons (Fsp3) is 0.100. The van der Waals surface area contributed by atoms with Gasteiger partial charge in [-0.3, -0.25) is 0 Å². The lowest BCUT2D eigenvalue weighted by Crippen LogP contribution is -1.97. The summed E-state index contributed by atoms with van der Waals surface area (Å²) in [5.41, 5.74) is 6.74. The number of nitrogen functional groups attached to an aromatic ring is 1. The molecular formula is C10H10N4O. The zero-order valence-electron chi connectivity index (χ0n) is 8.21. The van der Waals surface area contributed by atoms with Crippen molar-refractivity contribution in [3.05, 3.63) is 30.7 Å². The van der Waals surface area contributed by atoms with Crippen LogP contribution < -0.4 is 10.5 Å². The first kappa shape index (κ1) is 9.39. The molecule has 5 nitrogen and oxygen atoms in total. The number of pyridine rings is 1. The van der Waals surface area contributed by atoms with E-state index in [-0.39, 0.29) is 0 Å². The molecule has 0 aliphatic heterocycles. The third kappa shape index (κ3) is 1.85. The Morgan fingerprint density at radius 3 is 2.60 bits per heavy atom. The van der Waals surface area contributed by atoms with Crippen molar-refractivity contribution in [3.63, 3.8) is 0 Å². The molecule has 0 bridgehead atoms. The highest BCUT2D eigenvalue weighted by Gasteiger charge is 2.09. The monoisotopic (exact) mass is 202 g/mol. The van der Waals surface area contributed by atoms with Crippen LogP contribution in [0.4, 0.5) is 5.69 Å². The van der Waals surface area contributed by atoms with E-state index in [9.17, 15) is 0 Å². The summed E-state index contributed by atoms with van der Waals surface area (Å²) in [6.45, 7) is 0. The zero-order valence-corrected chi connectivity index (χ0v) is 8.21. The minimum Gasteiger partial charge on any atom is -0.494 e. The van der Waals surface area contributed by atoms with Crippen LogP contribution in [-0.4, -0.2) is 22.1 Å². The van der Waals surface area contributed by atoms with Gasteiger partial charge < -0.3 is 10.5 Å². The Morgan fingerprint density at radius 2 is 1.93 bits per heavy atom. The molecule has 0 unspecified atom stereocenters. The molecule has 0 saturated carbocycles. The van der Waals surface area contributed by atoms with Crippen LogP contribution in [0.1, 0.15) is 0 Å². The van der Waals surface area contributed by atoms with Gasteiger partial charge in [0.15, 0.2) is 5.82 Å². The molecule has 0 atom stereocenters. The van der Waals surface area contributed by atoms with Crippen molar-refractivity contribution < 1.29 is 4.74 Å². The molecule has 0 saturated heterocycles. The van der Waals surface area contributed by atoms with Gasteiger partial charge in [0.25, 0.3) is 0 Å². The third-order valence-electron chi connectivity index (χ3n) is 1.87. The Bertz CT molecular complexity index is 458. The van der Waals surface area contributed by atoms with E-state index < -0.39 is 0 Å². The van der Waals surface area contributed by atoms with Crippen molar-refractivity contribution in [2.24, 2.45) is 0 Å². The van der Waals surface area contributed by atoms with Crippen LogP contribution in [-0.2, 0) is 0 Å². The first-order valence-electron chi connectivity index (χ1n) is 4.38. The molecule has 0 amide bonds. The zero-order chi connectivity index (χ0) is 10.7. The summed E-state index contributed by atoms with van der Waals surface area (Å²) >= 11 is 0. The molecule has 5 heteroatoms. The number of hydrogen-bond donors (Lipinski definition) is 1. The predicted molar refractivity (Wildman–Crippen MR) is 56.2 cm³/mol. The van der Waals surface area contributed by atoms with Gasteiger partial charge in [-0.1, -0.05) is 0 Å². The van der Waals surface area contributed by atoms with Gasteiger partial charge in [-0.2, -0.15) is 0 Å². The summed E-state index contributed by atoms with van der Waals surface area (Å²) in [6, 6.07) is 3.44. The minimum atomic E-state index is 0.523. The van der Waals surface area contributed by atoms with Gasteiger partial charge in [0.1, 0.15) is 11.4 Å². The molecule has 0 aromatic carbocycles. The van der Waals surface area contributed by atoms with Crippen LogP contribution in [0.25, 0.3) is 11.5 Å². The van der Waals surface area contributed by atoms with E-state index in [1.807, 2.05) is 0 Å². The number of anilines is 1. The van der Waals surface area contributed by atoms with Gasteiger partial charge in [0.2, 0.25) is 0 Å². The van der Waals surface area contributed by atoms with E-state index in [1.165, 1.54) is 0 Å². The standard InChI is InChI=1S/C10H10N4O/c1-15-8-5-7(11)6-14-9(8)10-12-3-2-4-13-10/h2-6H,11H2,1H3. The number of hydrogen-bond acceptors (Lipinski definition) is 5. The maximum atomic E-state index is 5.60. The lowest BCUT2D eigenvalue weighted by atomic mass is 10.3. The maximum Gasteiger partial charge on any atom is 0.181 e. The second-order valence-corrected chi connectivity index (χ2v) is 2.89. The van der Waals surface area contributed by atoms with Crippen molar-refractivity contribution in [2.75, 3.05) is 12.8 Å². The van der Waals surface area contributed by atoms with Crippen LogP contribution >= 0.6 is 0 Å². The number of aromatic nitrogens is 3. The number of nitrogens with zero attached hydrogens (tertiary/aromatic N) is 3. The molecule has 2 heterocycles. The molecule has 0 aliphatic carbocycles. The van der Waals surface area contributed by atoms with Crippen LogP contribution in [0.3, 0.4) is 0 Å². The fourth-order valence-corrected chi connectivity index (χ4v) is 1.20. The quantitative estimate of drug-likeness (QED) is 0.790. The molecule has 15 heavy (non-hydrogen) atoms. The van der Waals surface area contributed by atoms with Gasteiger partial charge in [0.05, 0.1) is 19.0 Å². The average Bonchev–Trinajstić information content (AvgIpc) is 2.30. The summed E-state index contributed by atoms with van der Waals surface area (Å²) in [5.74, 6) is 1.09. The molecular weight excluding hydrogens is 192 g/mol. The topological polar surface area (TPSA) is 73.9 Å². The van der Waals surface area contributed by atoms with Gasteiger partial charge in [0, 0.05) is 18.5 Å². The van der Waals surface area contributed by atoms with E-state index in [2.05, 4.69) is 15.0 Å². The Kier molecular flexibility index (Phi) is 2.45. The van der Waals surface area contributed by atoms with Crippen molar-refractivity contribution in [1.82, 2.24) is 15.0 Å². The van der Waals surface area contributed by atoms with Crippen LogP contribution in [0.15, 0.2) is 30.7 Å². The van der Waals surface area contributed by atoms with Gasteiger partial charge in [-0.15, -0.1) is 0 Å². The summed E-state index contributed by atoms with van der Waals surface area (Å²) < 4.78 is 5.16. The second kappa shape index (κ2) is 3.91. The van der Waals surface area contributed by atoms with E-state index >= 15 is 0 Å². The second-order valence-electron chi connectivity index (χ2n) is 2.89. The molecule has 76 valence electrons. The molecule has 2 aromatic rings. The van der Waals surface area contributed by atoms with E-state index in [1.54, 1.807) is 37.8 Å². The highest BCUT2D eigenvalue weighted by atomic mass is 16.5. The lowest BCUT2D eigenvalue weighted by Gasteiger charge is -2.06. The highest BCUT2D eigenvalue weighted by Crippen LogP contribution is 2.25. The Hall–Kier alpha value is -2.17. The van der Waals surface area contributed by atoms with Crippen molar-refractivity contribution in [2.45, 2.75) is 0 Å². The first-order valence-corrected chi connectivity index (χ1v) is 4.38.